The lowest BCUT2D eigenvalue weighted by Crippen LogP contribution is -2.85. The molecule has 0 spiro atoms. The Kier molecular flexibility index (Phi) is 12.7. The van der Waals surface area contributed by atoms with Gasteiger partial charge in [-0.1, -0.05) is 25.7 Å². The normalized spacial score (nSPS) is 37.6. The number of ether oxygens (including phenoxy) is 4. The molecule has 2 rings (SSSR count). The van der Waals surface area contributed by atoms with E-state index in [2.05, 4.69) is 10.1 Å². The highest BCUT2D eigenvalue weighted by Crippen LogP contribution is 2.45. The summed E-state index contributed by atoms with van der Waals surface area (Å²) >= 11 is 0. The van der Waals surface area contributed by atoms with E-state index in [0.29, 0.717) is 25.7 Å². The number of hydrogen-bond acceptors (Lipinski definition) is 13. The standard InChI is InChI=1S/C24H43NO13/c1-14(28)25-17-13-37-16(12-27)20(31)23(17,33)24(34)21(32)19(30)15(11-26)38-22(24)36-10-8-6-4-3-5-7-9-18(29)35-2/h15-17,19-22,26-27,30-34H,3-13H2,1-2H3,(H,25,28)/t15-,16-,17-,19+,20+,21+,22+,23+,24-/m1/s1. The molecule has 2 fully saturated rings. The number of rotatable bonds is 14. The van der Waals surface area contributed by atoms with E-state index in [1.54, 1.807) is 0 Å². The van der Waals surface area contributed by atoms with Crippen molar-refractivity contribution in [1.29, 1.82) is 0 Å². The van der Waals surface area contributed by atoms with E-state index in [9.17, 15) is 45.3 Å². The quantitative estimate of drug-likeness (QED) is 0.0797. The Labute approximate surface area is 221 Å². The molecule has 2 aliphatic heterocycles. The Hall–Kier alpha value is -1.46. The van der Waals surface area contributed by atoms with Crippen LogP contribution in [0, 0.1) is 0 Å². The second-order valence-corrected chi connectivity index (χ2v) is 9.85. The van der Waals surface area contributed by atoms with Gasteiger partial charge in [-0.05, 0) is 12.8 Å². The average Bonchev–Trinajstić information content (AvgIpc) is 2.89. The van der Waals surface area contributed by atoms with Gasteiger partial charge in [-0.2, -0.15) is 0 Å². The minimum Gasteiger partial charge on any atom is -0.469 e. The maximum Gasteiger partial charge on any atom is 0.305 e. The van der Waals surface area contributed by atoms with Gasteiger partial charge < -0.3 is 60.0 Å². The first kappa shape index (κ1) is 32.8. The summed E-state index contributed by atoms with van der Waals surface area (Å²) in [4.78, 5) is 23.0. The highest BCUT2D eigenvalue weighted by Gasteiger charge is 2.72. The topological polar surface area (TPSA) is 225 Å². The number of aliphatic hydroxyl groups excluding tert-OH is 5. The van der Waals surface area contributed by atoms with Crippen LogP contribution in [0.2, 0.25) is 0 Å². The predicted octanol–water partition coefficient (Wildman–Crippen LogP) is -2.94. The van der Waals surface area contributed by atoms with E-state index < -0.39 is 79.8 Å². The molecule has 9 atom stereocenters. The molecule has 0 aromatic carbocycles. The van der Waals surface area contributed by atoms with Gasteiger partial charge in [0.05, 0.1) is 33.0 Å². The van der Waals surface area contributed by atoms with Crippen LogP contribution in [0.4, 0.5) is 0 Å². The lowest BCUT2D eigenvalue weighted by Gasteiger charge is -2.59. The van der Waals surface area contributed by atoms with Gasteiger partial charge in [-0.3, -0.25) is 9.59 Å². The summed E-state index contributed by atoms with van der Waals surface area (Å²) in [6.45, 7) is -0.875. The van der Waals surface area contributed by atoms with Crippen LogP contribution in [-0.2, 0) is 28.5 Å². The predicted molar refractivity (Wildman–Crippen MR) is 128 cm³/mol. The lowest BCUT2D eigenvalue weighted by molar-refractivity contribution is -0.403. The molecule has 38 heavy (non-hydrogen) atoms. The van der Waals surface area contributed by atoms with Crippen molar-refractivity contribution in [2.75, 3.05) is 33.5 Å². The Morgan fingerprint density at radius 3 is 2.11 bits per heavy atom. The fraction of sp³-hybridized carbons (Fsp3) is 0.917. The first-order chi connectivity index (χ1) is 18.0. The smallest absolute Gasteiger partial charge is 0.305 e. The molecule has 2 heterocycles. The summed E-state index contributed by atoms with van der Waals surface area (Å²) < 4.78 is 21.2. The van der Waals surface area contributed by atoms with Crippen LogP contribution in [0.5, 0.6) is 0 Å². The van der Waals surface area contributed by atoms with Crippen LogP contribution in [0.15, 0.2) is 0 Å². The van der Waals surface area contributed by atoms with Crippen molar-refractivity contribution in [3.8, 4) is 0 Å². The van der Waals surface area contributed by atoms with E-state index in [1.165, 1.54) is 7.11 Å². The number of amides is 1. The Morgan fingerprint density at radius 1 is 0.921 bits per heavy atom. The minimum absolute atomic E-state index is 0.0208. The van der Waals surface area contributed by atoms with Crippen LogP contribution >= 0.6 is 0 Å². The van der Waals surface area contributed by atoms with Crippen molar-refractivity contribution >= 4 is 11.9 Å². The van der Waals surface area contributed by atoms with Gasteiger partial charge in [0, 0.05) is 20.0 Å². The summed E-state index contributed by atoms with van der Waals surface area (Å²) in [7, 11) is 1.34. The molecule has 0 aromatic rings. The molecule has 0 unspecified atom stereocenters. The summed E-state index contributed by atoms with van der Waals surface area (Å²) in [5.41, 5.74) is -5.76. The van der Waals surface area contributed by atoms with Crippen LogP contribution in [-0.4, -0.2) is 135 Å². The third-order valence-corrected chi connectivity index (χ3v) is 7.28. The zero-order chi connectivity index (χ0) is 28.5. The zero-order valence-electron chi connectivity index (χ0n) is 21.9. The average molecular weight is 554 g/mol. The number of carbonyl (C=O) groups excluding carboxylic acids is 2. The van der Waals surface area contributed by atoms with Gasteiger partial charge in [-0.25, -0.2) is 0 Å². The fourth-order valence-corrected chi connectivity index (χ4v) is 5.05. The second kappa shape index (κ2) is 14.8. The van der Waals surface area contributed by atoms with E-state index in [-0.39, 0.29) is 12.6 Å². The number of esters is 1. The van der Waals surface area contributed by atoms with E-state index >= 15 is 0 Å². The molecule has 0 bridgehead atoms. The first-order valence-corrected chi connectivity index (χ1v) is 12.9. The SMILES string of the molecule is COC(=O)CCCCCCCCO[C@H]1O[C@H](CO)[C@H](O)[C@H](O)[C@]1(O)[C@]1(O)[C@H](NC(C)=O)CO[C@H](CO)[C@@H]1O. The number of carbonyl (C=O) groups is 2. The molecule has 8 N–H and O–H groups in total. The molecular weight excluding hydrogens is 510 g/mol. The monoisotopic (exact) mass is 553 g/mol. The van der Waals surface area contributed by atoms with Gasteiger partial charge in [-0.15, -0.1) is 0 Å². The number of methoxy groups -OCH3 is 1. The molecule has 1 amide bonds. The second-order valence-electron chi connectivity index (χ2n) is 9.85. The number of hydrogen-bond donors (Lipinski definition) is 8. The van der Waals surface area contributed by atoms with E-state index in [4.69, 9.17) is 14.2 Å². The number of nitrogens with one attached hydrogen (secondary N) is 1. The molecule has 14 heteroatoms. The maximum absolute atomic E-state index is 11.8. The number of unbranched alkanes of at least 4 members (excludes halogenated alkanes) is 5. The largest absolute Gasteiger partial charge is 0.469 e. The molecule has 222 valence electrons. The number of aliphatic hydroxyl groups is 7. The van der Waals surface area contributed by atoms with E-state index in [1.807, 2.05) is 0 Å². The zero-order valence-corrected chi connectivity index (χ0v) is 21.9. The third kappa shape index (κ3) is 6.99. The summed E-state index contributed by atoms with van der Waals surface area (Å²) in [6, 6.07) is -1.50. The summed E-state index contributed by atoms with van der Waals surface area (Å²) in [5.74, 6) is -0.909. The van der Waals surface area contributed by atoms with Crippen molar-refractivity contribution in [2.24, 2.45) is 0 Å². The molecule has 0 saturated carbocycles. The Balaban J connectivity index is 2.16. The van der Waals surface area contributed by atoms with Crippen LogP contribution in [0.25, 0.3) is 0 Å². The fourth-order valence-electron chi connectivity index (χ4n) is 5.05. The van der Waals surface area contributed by atoms with Crippen molar-refractivity contribution in [3.05, 3.63) is 0 Å². The molecular formula is C24H43NO13. The molecule has 0 aliphatic carbocycles. The Bertz CT molecular complexity index is 757. The van der Waals surface area contributed by atoms with Crippen LogP contribution < -0.4 is 5.32 Å². The van der Waals surface area contributed by atoms with Gasteiger partial charge in [0.15, 0.2) is 17.5 Å². The van der Waals surface area contributed by atoms with Crippen molar-refractivity contribution in [2.45, 2.75) is 106 Å². The Morgan fingerprint density at radius 2 is 1.53 bits per heavy atom. The summed E-state index contributed by atoms with van der Waals surface area (Å²) in [6.07, 6.45) is -6.04. The lowest BCUT2D eigenvalue weighted by atomic mass is 9.65. The summed E-state index contributed by atoms with van der Waals surface area (Å²) in [5, 5.41) is 77.7. The molecule has 2 saturated heterocycles. The maximum atomic E-state index is 11.8. The highest BCUT2D eigenvalue weighted by molar-refractivity contribution is 5.73. The minimum atomic E-state index is -2.93. The van der Waals surface area contributed by atoms with Gasteiger partial charge in [0.1, 0.15) is 30.5 Å². The third-order valence-electron chi connectivity index (χ3n) is 7.28. The van der Waals surface area contributed by atoms with Gasteiger partial charge in [0.2, 0.25) is 5.91 Å². The molecule has 0 aromatic heterocycles. The van der Waals surface area contributed by atoms with Crippen molar-refractivity contribution < 1.29 is 64.3 Å². The van der Waals surface area contributed by atoms with Crippen LogP contribution in [0.1, 0.15) is 51.9 Å². The van der Waals surface area contributed by atoms with Gasteiger partial charge >= 0.3 is 5.97 Å². The van der Waals surface area contributed by atoms with E-state index in [0.717, 1.165) is 26.2 Å². The van der Waals surface area contributed by atoms with Crippen molar-refractivity contribution in [1.82, 2.24) is 5.32 Å². The molecule has 0 radical (unpaired) electrons. The molecule has 14 nitrogen and oxygen atoms in total. The van der Waals surface area contributed by atoms with Crippen LogP contribution in [0.3, 0.4) is 0 Å². The van der Waals surface area contributed by atoms with Crippen molar-refractivity contribution in [3.63, 3.8) is 0 Å². The first-order valence-electron chi connectivity index (χ1n) is 12.9. The van der Waals surface area contributed by atoms with Gasteiger partial charge in [0.25, 0.3) is 0 Å². The molecule has 2 aliphatic rings. The highest BCUT2D eigenvalue weighted by atomic mass is 16.7.